The minimum atomic E-state index is -0.724. The van der Waals surface area contributed by atoms with Crippen molar-refractivity contribution in [2.24, 2.45) is 5.92 Å². The quantitative estimate of drug-likeness (QED) is 0.822. The van der Waals surface area contributed by atoms with Crippen LogP contribution in [0.4, 0.5) is 0 Å². The third-order valence-corrected chi connectivity index (χ3v) is 2.69. The lowest BCUT2D eigenvalue weighted by Gasteiger charge is -2.11. The van der Waals surface area contributed by atoms with Gasteiger partial charge in [0.25, 0.3) is 0 Å². The van der Waals surface area contributed by atoms with Crippen molar-refractivity contribution in [1.29, 1.82) is 0 Å². The fourth-order valence-corrected chi connectivity index (χ4v) is 1.71. The van der Waals surface area contributed by atoms with Gasteiger partial charge in [0.1, 0.15) is 0 Å². The summed E-state index contributed by atoms with van der Waals surface area (Å²) in [4.78, 5) is 10.8. The molecule has 0 aromatic heterocycles. The average molecular weight is 206 g/mol. The second-order valence-electron chi connectivity index (χ2n) is 4.07. The van der Waals surface area contributed by atoms with Crippen LogP contribution >= 0.6 is 0 Å². The number of aliphatic carboxylic acids is 1. The van der Waals surface area contributed by atoms with Gasteiger partial charge in [0.15, 0.2) is 0 Å². The van der Waals surface area contributed by atoms with E-state index < -0.39 is 5.97 Å². The van der Waals surface area contributed by atoms with Crippen LogP contribution in [0.25, 0.3) is 0 Å². The molecule has 1 rings (SSSR count). The molecule has 1 aromatic rings. The first-order valence-electron chi connectivity index (χ1n) is 5.35. The molecule has 0 radical (unpaired) electrons. The minimum Gasteiger partial charge on any atom is -0.481 e. The zero-order valence-corrected chi connectivity index (χ0v) is 9.58. The summed E-state index contributed by atoms with van der Waals surface area (Å²) >= 11 is 0. The lowest BCUT2D eigenvalue weighted by Crippen LogP contribution is -2.13. The summed E-state index contributed by atoms with van der Waals surface area (Å²) in [5.41, 5.74) is 3.63. The highest BCUT2D eigenvalue weighted by Crippen LogP contribution is 2.16. The molecule has 0 saturated carbocycles. The van der Waals surface area contributed by atoms with E-state index in [1.165, 1.54) is 16.7 Å². The molecule has 0 bridgehead atoms. The van der Waals surface area contributed by atoms with Gasteiger partial charge in [-0.25, -0.2) is 0 Å². The molecule has 0 saturated heterocycles. The molecule has 1 N–H and O–H groups in total. The molecule has 82 valence electrons. The van der Waals surface area contributed by atoms with Gasteiger partial charge in [-0.1, -0.05) is 37.6 Å². The van der Waals surface area contributed by atoms with Crippen LogP contribution in [0.15, 0.2) is 18.2 Å². The van der Waals surface area contributed by atoms with E-state index in [1.54, 1.807) is 6.92 Å². The third-order valence-electron chi connectivity index (χ3n) is 2.69. The number of carboxylic acids is 1. The van der Waals surface area contributed by atoms with Crippen LogP contribution in [0.2, 0.25) is 0 Å². The fraction of sp³-hybridized carbons (Fsp3) is 0.462. The number of aryl methyl sites for hydroxylation is 2. The Morgan fingerprint density at radius 1 is 1.40 bits per heavy atom. The van der Waals surface area contributed by atoms with Crippen molar-refractivity contribution in [1.82, 2.24) is 0 Å². The first kappa shape index (κ1) is 11.8. The van der Waals surface area contributed by atoms with Crippen LogP contribution in [0.3, 0.4) is 0 Å². The Kier molecular flexibility index (Phi) is 3.89. The van der Waals surface area contributed by atoms with Crippen molar-refractivity contribution in [2.75, 3.05) is 0 Å². The SMILES string of the molecule is CCc1ccc(C)cc1CC(C)C(=O)O. The monoisotopic (exact) mass is 206 g/mol. The van der Waals surface area contributed by atoms with Gasteiger partial charge in [-0.3, -0.25) is 4.79 Å². The molecule has 1 unspecified atom stereocenters. The van der Waals surface area contributed by atoms with Crippen LogP contribution in [-0.2, 0) is 17.6 Å². The van der Waals surface area contributed by atoms with Gasteiger partial charge >= 0.3 is 5.97 Å². The second kappa shape index (κ2) is 4.96. The van der Waals surface area contributed by atoms with Crippen LogP contribution < -0.4 is 0 Å². The van der Waals surface area contributed by atoms with Crippen molar-refractivity contribution in [3.05, 3.63) is 34.9 Å². The molecule has 0 heterocycles. The summed E-state index contributed by atoms with van der Waals surface area (Å²) in [7, 11) is 0. The number of hydrogen-bond donors (Lipinski definition) is 1. The van der Waals surface area contributed by atoms with Gasteiger partial charge in [-0.15, -0.1) is 0 Å². The normalized spacial score (nSPS) is 12.5. The molecule has 1 atom stereocenters. The molecule has 15 heavy (non-hydrogen) atoms. The zero-order valence-electron chi connectivity index (χ0n) is 9.58. The highest BCUT2D eigenvalue weighted by atomic mass is 16.4. The maximum absolute atomic E-state index is 10.8. The molecule has 2 nitrogen and oxygen atoms in total. The molecule has 0 fully saturated rings. The number of rotatable bonds is 4. The van der Waals surface area contributed by atoms with Crippen molar-refractivity contribution in [2.45, 2.75) is 33.6 Å². The van der Waals surface area contributed by atoms with Gasteiger partial charge in [-0.2, -0.15) is 0 Å². The van der Waals surface area contributed by atoms with Crippen LogP contribution in [0, 0.1) is 12.8 Å². The maximum atomic E-state index is 10.8. The largest absolute Gasteiger partial charge is 0.481 e. The summed E-state index contributed by atoms with van der Waals surface area (Å²) in [6.07, 6.45) is 1.59. The molecule has 0 amide bonds. The van der Waals surface area contributed by atoms with Crippen LogP contribution in [0.5, 0.6) is 0 Å². The van der Waals surface area contributed by atoms with E-state index in [0.717, 1.165) is 6.42 Å². The lowest BCUT2D eigenvalue weighted by molar-refractivity contribution is -0.141. The molecule has 2 heteroatoms. The Bertz CT molecular complexity index is 356. The number of carbonyl (C=O) groups is 1. The number of benzene rings is 1. The highest BCUT2D eigenvalue weighted by molar-refractivity contribution is 5.70. The summed E-state index contributed by atoms with van der Waals surface area (Å²) in [5.74, 6) is -1.03. The molecular weight excluding hydrogens is 188 g/mol. The Morgan fingerprint density at radius 3 is 2.60 bits per heavy atom. The van der Waals surface area contributed by atoms with E-state index in [0.29, 0.717) is 6.42 Å². The summed E-state index contributed by atoms with van der Waals surface area (Å²) < 4.78 is 0. The predicted octanol–water partition coefficient (Wildman–Crippen LogP) is 2.82. The highest BCUT2D eigenvalue weighted by Gasteiger charge is 2.13. The summed E-state index contributed by atoms with van der Waals surface area (Å²) in [5, 5.41) is 8.88. The van der Waals surface area contributed by atoms with Gasteiger partial charge in [0.2, 0.25) is 0 Å². The summed E-state index contributed by atoms with van der Waals surface area (Å²) in [6, 6.07) is 6.27. The lowest BCUT2D eigenvalue weighted by atomic mass is 9.94. The molecule has 0 spiro atoms. The van der Waals surface area contributed by atoms with E-state index in [-0.39, 0.29) is 5.92 Å². The number of carboxylic acid groups (broad SMARTS) is 1. The smallest absolute Gasteiger partial charge is 0.306 e. The second-order valence-corrected chi connectivity index (χ2v) is 4.07. The molecule has 0 aliphatic rings. The standard InChI is InChI=1S/C13H18O2/c1-4-11-6-5-9(2)7-12(11)8-10(3)13(14)15/h5-7,10H,4,8H2,1-3H3,(H,14,15). The zero-order chi connectivity index (χ0) is 11.4. The first-order chi connectivity index (χ1) is 7.04. The van der Waals surface area contributed by atoms with Crippen molar-refractivity contribution >= 4 is 5.97 Å². The minimum absolute atomic E-state index is 0.308. The van der Waals surface area contributed by atoms with Gasteiger partial charge in [0.05, 0.1) is 5.92 Å². The van der Waals surface area contributed by atoms with E-state index in [1.807, 2.05) is 6.92 Å². The molecule has 1 aromatic carbocycles. The third kappa shape index (κ3) is 3.08. The summed E-state index contributed by atoms with van der Waals surface area (Å²) in [6.45, 7) is 5.89. The van der Waals surface area contributed by atoms with Crippen molar-refractivity contribution in [3.8, 4) is 0 Å². The molecule has 0 aliphatic carbocycles. The van der Waals surface area contributed by atoms with E-state index in [9.17, 15) is 4.79 Å². The molecule has 0 aliphatic heterocycles. The van der Waals surface area contributed by atoms with Gasteiger partial charge in [-0.05, 0) is 30.9 Å². The maximum Gasteiger partial charge on any atom is 0.306 e. The fourth-order valence-electron chi connectivity index (χ4n) is 1.71. The Labute approximate surface area is 90.9 Å². The first-order valence-corrected chi connectivity index (χ1v) is 5.35. The predicted molar refractivity (Wildman–Crippen MR) is 61.1 cm³/mol. The van der Waals surface area contributed by atoms with Gasteiger partial charge < -0.3 is 5.11 Å². The Balaban J connectivity index is 2.91. The topological polar surface area (TPSA) is 37.3 Å². The van der Waals surface area contributed by atoms with Crippen molar-refractivity contribution < 1.29 is 9.90 Å². The van der Waals surface area contributed by atoms with E-state index in [2.05, 4.69) is 25.1 Å². The van der Waals surface area contributed by atoms with Crippen LogP contribution in [-0.4, -0.2) is 11.1 Å². The molecular formula is C13H18O2. The average Bonchev–Trinajstić information content (AvgIpc) is 2.18. The van der Waals surface area contributed by atoms with Crippen LogP contribution in [0.1, 0.15) is 30.5 Å². The van der Waals surface area contributed by atoms with E-state index in [4.69, 9.17) is 5.11 Å². The Morgan fingerprint density at radius 2 is 2.07 bits per heavy atom. The Hall–Kier alpha value is -1.31. The van der Waals surface area contributed by atoms with Gasteiger partial charge in [0, 0.05) is 0 Å². The van der Waals surface area contributed by atoms with E-state index >= 15 is 0 Å². The van der Waals surface area contributed by atoms with Crippen molar-refractivity contribution in [3.63, 3.8) is 0 Å². The number of hydrogen-bond acceptors (Lipinski definition) is 1.